The van der Waals surface area contributed by atoms with Gasteiger partial charge in [-0.3, -0.25) is 9.69 Å². The van der Waals surface area contributed by atoms with Gasteiger partial charge in [0.25, 0.3) is 5.91 Å². The number of carbonyl (C=O) groups excluding carboxylic acids is 1. The minimum atomic E-state index is -3.56. The molecule has 2 aliphatic heterocycles. The summed E-state index contributed by atoms with van der Waals surface area (Å²) in [5.74, 6) is 0.952. The van der Waals surface area contributed by atoms with Crippen molar-refractivity contribution in [2.24, 2.45) is 0 Å². The van der Waals surface area contributed by atoms with E-state index in [0.29, 0.717) is 48.2 Å². The number of hydrogen-bond acceptors (Lipinski definition) is 7. The summed E-state index contributed by atoms with van der Waals surface area (Å²) in [6, 6.07) is 21.2. The van der Waals surface area contributed by atoms with E-state index in [1.807, 2.05) is 48.5 Å². The van der Waals surface area contributed by atoms with Crippen LogP contribution in [0.3, 0.4) is 0 Å². The first-order chi connectivity index (χ1) is 21.3. The number of carbonyl (C=O) groups is 1. The van der Waals surface area contributed by atoms with E-state index in [1.54, 1.807) is 24.3 Å². The molecule has 0 bridgehead atoms. The van der Waals surface area contributed by atoms with Crippen molar-refractivity contribution in [1.82, 2.24) is 4.90 Å². The van der Waals surface area contributed by atoms with Crippen LogP contribution in [0.25, 0.3) is 6.08 Å². The Morgan fingerprint density at radius 3 is 2.55 bits per heavy atom. The third-order valence-electron chi connectivity index (χ3n) is 8.11. The molecule has 3 aromatic rings. The molecule has 0 atom stereocenters. The van der Waals surface area contributed by atoms with Crippen LogP contribution in [0, 0.1) is 0 Å². The Morgan fingerprint density at radius 1 is 1.00 bits per heavy atom. The van der Waals surface area contributed by atoms with E-state index in [9.17, 15) is 13.2 Å². The zero-order valence-corrected chi connectivity index (χ0v) is 26.4. The summed E-state index contributed by atoms with van der Waals surface area (Å²) in [4.78, 5) is 15.9. The van der Waals surface area contributed by atoms with Gasteiger partial charge in [0.05, 0.1) is 23.9 Å². The minimum Gasteiger partial charge on any atom is -0.493 e. The van der Waals surface area contributed by atoms with Crippen LogP contribution < -0.4 is 14.8 Å². The first kappa shape index (κ1) is 31.8. The van der Waals surface area contributed by atoms with Crippen LogP contribution in [0.5, 0.6) is 11.5 Å². The number of rotatable bonds is 12. The fourth-order valence-electron chi connectivity index (χ4n) is 5.60. The molecule has 2 heterocycles. The summed E-state index contributed by atoms with van der Waals surface area (Å²) in [7, 11) is -1.42. The minimum absolute atomic E-state index is 0.127. The number of anilines is 1. The topological polar surface area (TPSA) is 94.2 Å². The standard InChI is InChI=1S/C35H42N2O6S/c1-3-18-43-33-7-5-4-6-27(33)14-21-42-32-12-13-34-29(24-32)23-28(17-22-44(34,39)40)35(38)36-30-10-8-26(9-11-30)25-37(2)31-15-19-41-20-16-31/h4-13,23-24,31H,3,14-22,25H2,1-2H3,(H,36,38). The number of sulfone groups is 1. The summed E-state index contributed by atoms with van der Waals surface area (Å²) in [5.41, 5.74) is 3.76. The molecule has 0 unspecified atom stereocenters. The van der Waals surface area contributed by atoms with Crippen LogP contribution >= 0.6 is 0 Å². The van der Waals surface area contributed by atoms with Crippen molar-refractivity contribution in [1.29, 1.82) is 0 Å². The second kappa shape index (κ2) is 14.9. The molecule has 1 fully saturated rings. The lowest BCUT2D eigenvalue weighted by atomic mass is 10.1. The molecule has 0 saturated carbocycles. The molecule has 1 saturated heterocycles. The number of hydrogen-bond donors (Lipinski definition) is 1. The highest BCUT2D eigenvalue weighted by atomic mass is 32.2. The smallest absolute Gasteiger partial charge is 0.251 e. The van der Waals surface area contributed by atoms with E-state index in [1.165, 1.54) is 0 Å². The molecule has 0 aromatic heterocycles. The van der Waals surface area contributed by atoms with Crippen LogP contribution in [-0.4, -0.2) is 64.5 Å². The molecule has 234 valence electrons. The number of benzene rings is 3. The van der Waals surface area contributed by atoms with Gasteiger partial charge in [0.1, 0.15) is 11.5 Å². The maximum absolute atomic E-state index is 13.3. The molecule has 1 amide bonds. The van der Waals surface area contributed by atoms with Crippen molar-refractivity contribution < 1.29 is 27.4 Å². The number of para-hydroxylation sites is 1. The van der Waals surface area contributed by atoms with Crippen molar-refractivity contribution in [2.45, 2.75) is 56.5 Å². The lowest BCUT2D eigenvalue weighted by Gasteiger charge is -2.31. The number of nitrogens with zero attached hydrogens (tertiary/aromatic N) is 1. The van der Waals surface area contributed by atoms with Gasteiger partial charge in [-0.15, -0.1) is 0 Å². The molecule has 5 rings (SSSR count). The van der Waals surface area contributed by atoms with Crippen molar-refractivity contribution in [3.05, 3.63) is 89.0 Å². The number of fused-ring (bicyclic) bond motifs is 1. The molecule has 1 N–H and O–H groups in total. The Bertz CT molecular complexity index is 1560. The van der Waals surface area contributed by atoms with Gasteiger partial charge in [-0.2, -0.15) is 0 Å². The summed E-state index contributed by atoms with van der Waals surface area (Å²) >= 11 is 0. The predicted molar refractivity (Wildman–Crippen MR) is 173 cm³/mol. The molecule has 3 aromatic carbocycles. The third kappa shape index (κ3) is 8.28. The Morgan fingerprint density at radius 2 is 1.77 bits per heavy atom. The summed E-state index contributed by atoms with van der Waals surface area (Å²) in [6.45, 7) is 5.55. The van der Waals surface area contributed by atoms with E-state index in [4.69, 9.17) is 14.2 Å². The zero-order chi connectivity index (χ0) is 30.9. The maximum atomic E-state index is 13.3. The van der Waals surface area contributed by atoms with Crippen LogP contribution in [0.15, 0.2) is 77.2 Å². The van der Waals surface area contributed by atoms with Crippen LogP contribution in [0.4, 0.5) is 5.69 Å². The molecule has 2 aliphatic rings. The lowest BCUT2D eigenvalue weighted by Crippen LogP contribution is -2.36. The van der Waals surface area contributed by atoms with Crippen LogP contribution in [0.1, 0.15) is 49.3 Å². The first-order valence-electron chi connectivity index (χ1n) is 15.4. The molecule has 0 spiro atoms. The van der Waals surface area contributed by atoms with E-state index >= 15 is 0 Å². The monoisotopic (exact) mass is 618 g/mol. The highest BCUT2D eigenvalue weighted by Crippen LogP contribution is 2.30. The van der Waals surface area contributed by atoms with Crippen LogP contribution in [0.2, 0.25) is 0 Å². The molecule has 0 radical (unpaired) electrons. The zero-order valence-electron chi connectivity index (χ0n) is 25.6. The summed E-state index contributed by atoms with van der Waals surface area (Å²) < 4.78 is 43.5. The lowest BCUT2D eigenvalue weighted by molar-refractivity contribution is -0.112. The Hall–Kier alpha value is -3.66. The number of nitrogens with one attached hydrogen (secondary N) is 1. The molecular weight excluding hydrogens is 576 g/mol. The molecule has 0 aliphatic carbocycles. The predicted octanol–water partition coefficient (Wildman–Crippen LogP) is 5.91. The van der Waals surface area contributed by atoms with Crippen molar-refractivity contribution in [3.8, 4) is 11.5 Å². The Kier molecular flexibility index (Phi) is 10.7. The van der Waals surface area contributed by atoms with E-state index in [0.717, 1.165) is 55.9 Å². The van der Waals surface area contributed by atoms with Crippen molar-refractivity contribution >= 4 is 27.5 Å². The fraction of sp³-hybridized carbons (Fsp3) is 0.400. The number of amides is 1. The van der Waals surface area contributed by atoms with Gasteiger partial charge in [-0.05, 0) is 91.9 Å². The average molecular weight is 619 g/mol. The van der Waals surface area contributed by atoms with E-state index in [2.05, 4.69) is 24.2 Å². The third-order valence-corrected chi connectivity index (χ3v) is 9.89. The SMILES string of the molecule is CCCOc1ccccc1CCOc1ccc2c(c1)C=C(C(=O)Nc1ccc(CN(C)C3CCOCC3)cc1)CCS2(=O)=O. The Balaban J connectivity index is 1.23. The van der Waals surface area contributed by atoms with Gasteiger partial charge in [-0.1, -0.05) is 37.3 Å². The second-order valence-corrected chi connectivity index (χ2v) is 13.5. The number of ether oxygens (including phenoxy) is 3. The quantitative estimate of drug-likeness (QED) is 0.270. The molecule has 8 nitrogen and oxygen atoms in total. The fourth-order valence-corrected chi connectivity index (χ4v) is 7.06. The average Bonchev–Trinajstić information content (AvgIpc) is 3.17. The molecular formula is C35H42N2O6S. The molecule has 44 heavy (non-hydrogen) atoms. The largest absolute Gasteiger partial charge is 0.493 e. The first-order valence-corrected chi connectivity index (χ1v) is 17.1. The van der Waals surface area contributed by atoms with E-state index < -0.39 is 9.84 Å². The highest BCUT2D eigenvalue weighted by molar-refractivity contribution is 7.91. The van der Waals surface area contributed by atoms with Gasteiger partial charge in [0.15, 0.2) is 9.84 Å². The highest BCUT2D eigenvalue weighted by Gasteiger charge is 2.25. The van der Waals surface area contributed by atoms with Gasteiger partial charge < -0.3 is 19.5 Å². The van der Waals surface area contributed by atoms with Gasteiger partial charge in [0, 0.05) is 43.5 Å². The van der Waals surface area contributed by atoms with E-state index in [-0.39, 0.29) is 23.0 Å². The maximum Gasteiger partial charge on any atom is 0.251 e. The molecule has 9 heteroatoms. The summed E-state index contributed by atoms with van der Waals surface area (Å²) in [5, 5.41) is 2.95. The second-order valence-electron chi connectivity index (χ2n) is 11.4. The Labute approximate surface area is 260 Å². The van der Waals surface area contributed by atoms with Crippen molar-refractivity contribution in [3.63, 3.8) is 0 Å². The van der Waals surface area contributed by atoms with Crippen molar-refractivity contribution in [2.75, 3.05) is 44.5 Å². The summed E-state index contributed by atoms with van der Waals surface area (Å²) in [6.07, 6.45) is 5.44. The van der Waals surface area contributed by atoms with Gasteiger partial charge in [-0.25, -0.2) is 8.42 Å². The van der Waals surface area contributed by atoms with Crippen LogP contribution in [-0.2, 0) is 32.3 Å². The normalized spacial score (nSPS) is 16.5. The van der Waals surface area contributed by atoms with Gasteiger partial charge >= 0.3 is 0 Å². The van der Waals surface area contributed by atoms with Gasteiger partial charge in [0.2, 0.25) is 0 Å².